The minimum absolute atomic E-state index is 0.102. The molecular formula is C26H31N3O5. The zero-order valence-electron chi connectivity index (χ0n) is 19.5. The van der Waals surface area contributed by atoms with Crippen LogP contribution in [0, 0.1) is 0 Å². The second-order valence-corrected chi connectivity index (χ2v) is 8.45. The van der Waals surface area contributed by atoms with E-state index < -0.39 is 17.7 Å². The van der Waals surface area contributed by atoms with Crippen molar-refractivity contribution in [3.63, 3.8) is 0 Å². The number of carbonyl (C=O) groups is 2. The first-order valence-corrected chi connectivity index (χ1v) is 11.8. The van der Waals surface area contributed by atoms with E-state index in [1.54, 1.807) is 53.7 Å². The van der Waals surface area contributed by atoms with Gasteiger partial charge >= 0.3 is 0 Å². The molecule has 2 aromatic rings. The van der Waals surface area contributed by atoms with E-state index in [9.17, 15) is 14.7 Å². The first-order valence-electron chi connectivity index (χ1n) is 11.8. The first kappa shape index (κ1) is 23.9. The third-order valence-electron chi connectivity index (χ3n) is 6.14. The molecule has 2 aliphatic heterocycles. The number of Topliss-reactive ketones (excluding diaryl/α,β-unsaturated/α-hetero) is 1. The lowest BCUT2D eigenvalue weighted by atomic mass is 9.96. The van der Waals surface area contributed by atoms with Crippen molar-refractivity contribution in [1.82, 2.24) is 14.8 Å². The normalized spacial score (nSPS) is 20.6. The Labute approximate surface area is 199 Å². The van der Waals surface area contributed by atoms with E-state index in [4.69, 9.17) is 9.47 Å². The number of aliphatic hydroxyl groups is 1. The number of ether oxygens (including phenoxy) is 2. The Morgan fingerprint density at radius 2 is 1.79 bits per heavy atom. The molecule has 1 aromatic heterocycles. The summed E-state index contributed by atoms with van der Waals surface area (Å²) in [5, 5.41) is 11.2. The van der Waals surface area contributed by atoms with Crippen molar-refractivity contribution in [1.29, 1.82) is 0 Å². The highest BCUT2D eigenvalue weighted by molar-refractivity contribution is 6.46. The number of pyridine rings is 1. The predicted octanol–water partition coefficient (Wildman–Crippen LogP) is 3.01. The summed E-state index contributed by atoms with van der Waals surface area (Å²) in [4.78, 5) is 34.1. The first-order chi connectivity index (χ1) is 16.6. The fourth-order valence-electron chi connectivity index (χ4n) is 4.38. The summed E-state index contributed by atoms with van der Waals surface area (Å²) >= 11 is 0. The molecule has 0 spiro atoms. The van der Waals surface area contributed by atoms with Crippen LogP contribution in [0.3, 0.4) is 0 Å². The molecule has 0 radical (unpaired) electrons. The number of hydrogen-bond donors (Lipinski definition) is 1. The number of nitrogens with zero attached hydrogens (tertiary/aromatic N) is 3. The molecule has 1 aromatic carbocycles. The van der Waals surface area contributed by atoms with Gasteiger partial charge in [-0.05, 0) is 54.8 Å². The highest BCUT2D eigenvalue weighted by atomic mass is 16.5. The maximum Gasteiger partial charge on any atom is 0.295 e. The number of amides is 1. The van der Waals surface area contributed by atoms with Crippen molar-refractivity contribution in [2.24, 2.45) is 0 Å². The number of likely N-dealkylation sites (tertiary alicyclic amines) is 1. The molecule has 2 saturated heterocycles. The van der Waals surface area contributed by atoms with E-state index in [0.717, 1.165) is 38.0 Å². The van der Waals surface area contributed by atoms with Gasteiger partial charge in [0.25, 0.3) is 11.7 Å². The molecule has 8 heteroatoms. The van der Waals surface area contributed by atoms with Gasteiger partial charge in [0.1, 0.15) is 11.5 Å². The van der Waals surface area contributed by atoms with Crippen LogP contribution in [0.25, 0.3) is 5.76 Å². The van der Waals surface area contributed by atoms with Gasteiger partial charge in [-0.25, -0.2) is 0 Å². The van der Waals surface area contributed by atoms with Crippen LogP contribution >= 0.6 is 0 Å². The van der Waals surface area contributed by atoms with Crippen LogP contribution in [0.2, 0.25) is 0 Å². The quantitative estimate of drug-likeness (QED) is 0.346. The molecular weight excluding hydrogens is 434 g/mol. The molecule has 180 valence electrons. The average Bonchev–Trinajstić information content (AvgIpc) is 3.13. The van der Waals surface area contributed by atoms with Gasteiger partial charge in [0.2, 0.25) is 0 Å². The molecule has 2 fully saturated rings. The largest absolute Gasteiger partial charge is 0.507 e. The minimum Gasteiger partial charge on any atom is -0.507 e. The summed E-state index contributed by atoms with van der Waals surface area (Å²) in [6, 6.07) is 9.81. The molecule has 1 amide bonds. The molecule has 3 heterocycles. The van der Waals surface area contributed by atoms with E-state index in [-0.39, 0.29) is 11.3 Å². The predicted molar refractivity (Wildman–Crippen MR) is 127 cm³/mol. The molecule has 0 aliphatic carbocycles. The van der Waals surface area contributed by atoms with E-state index >= 15 is 0 Å². The van der Waals surface area contributed by atoms with Crippen molar-refractivity contribution in [3.8, 4) is 5.75 Å². The Morgan fingerprint density at radius 1 is 1.09 bits per heavy atom. The molecule has 0 bridgehead atoms. The van der Waals surface area contributed by atoms with Crippen LogP contribution in [0.4, 0.5) is 0 Å². The number of aliphatic hydroxyl groups excluding tert-OH is 1. The van der Waals surface area contributed by atoms with Crippen LogP contribution < -0.4 is 4.74 Å². The Morgan fingerprint density at radius 3 is 2.47 bits per heavy atom. The monoisotopic (exact) mass is 465 g/mol. The lowest BCUT2D eigenvalue weighted by molar-refractivity contribution is -0.140. The number of hydrogen-bond acceptors (Lipinski definition) is 7. The topological polar surface area (TPSA) is 92.2 Å². The fraction of sp³-hybridized carbons (Fsp3) is 0.423. The standard InChI is InChI=1S/C26H31N3O5/c1-2-16-34-21-6-4-20(5-7-21)24(30)22-23(19-8-10-27-11-9-19)29(26(32)25(22)31)13-3-12-28-14-17-33-18-15-28/h4-11,23,30H,2-3,12-18H2,1H3/t23-/m0/s1. The minimum atomic E-state index is -0.669. The number of ketones is 1. The molecule has 8 nitrogen and oxygen atoms in total. The summed E-state index contributed by atoms with van der Waals surface area (Å²) in [5.41, 5.74) is 1.31. The van der Waals surface area contributed by atoms with E-state index in [2.05, 4.69) is 9.88 Å². The molecule has 0 unspecified atom stereocenters. The summed E-state index contributed by atoms with van der Waals surface area (Å²) < 4.78 is 11.0. The van der Waals surface area contributed by atoms with Gasteiger partial charge in [-0.3, -0.25) is 19.5 Å². The fourth-order valence-corrected chi connectivity index (χ4v) is 4.38. The lowest BCUT2D eigenvalue weighted by Gasteiger charge is -2.29. The Balaban J connectivity index is 1.61. The maximum absolute atomic E-state index is 13.1. The number of benzene rings is 1. The van der Waals surface area contributed by atoms with Gasteiger partial charge in [0.05, 0.1) is 31.4 Å². The second kappa shape index (κ2) is 11.3. The number of rotatable bonds is 9. The lowest BCUT2D eigenvalue weighted by Crippen LogP contribution is -2.38. The van der Waals surface area contributed by atoms with Crippen molar-refractivity contribution >= 4 is 17.4 Å². The molecule has 2 aliphatic rings. The SMILES string of the molecule is CCCOc1ccc(C(O)=C2C(=O)C(=O)N(CCCN3CCOCC3)[C@H]2c2ccncc2)cc1. The van der Waals surface area contributed by atoms with Gasteiger partial charge in [-0.1, -0.05) is 6.92 Å². The third kappa shape index (κ3) is 5.29. The van der Waals surface area contributed by atoms with Gasteiger partial charge in [0.15, 0.2) is 0 Å². The highest BCUT2D eigenvalue weighted by Crippen LogP contribution is 2.39. The van der Waals surface area contributed by atoms with Crippen molar-refractivity contribution < 1.29 is 24.2 Å². The van der Waals surface area contributed by atoms with Crippen molar-refractivity contribution in [2.45, 2.75) is 25.8 Å². The van der Waals surface area contributed by atoms with Crippen LogP contribution in [0.5, 0.6) is 5.75 Å². The Bertz CT molecular complexity index is 1020. The summed E-state index contributed by atoms with van der Waals surface area (Å²) in [6.45, 7) is 7.01. The van der Waals surface area contributed by atoms with Gasteiger partial charge in [-0.15, -0.1) is 0 Å². The molecule has 34 heavy (non-hydrogen) atoms. The summed E-state index contributed by atoms with van der Waals surface area (Å²) in [6.07, 6.45) is 4.87. The van der Waals surface area contributed by atoms with Crippen molar-refractivity contribution in [2.75, 3.05) is 46.0 Å². The number of carbonyl (C=O) groups excluding carboxylic acids is 2. The van der Waals surface area contributed by atoms with E-state index in [0.29, 0.717) is 37.7 Å². The van der Waals surface area contributed by atoms with Gasteiger partial charge in [-0.2, -0.15) is 0 Å². The third-order valence-corrected chi connectivity index (χ3v) is 6.14. The molecule has 1 atom stereocenters. The number of aromatic nitrogens is 1. The highest BCUT2D eigenvalue weighted by Gasteiger charge is 2.45. The molecule has 1 N–H and O–H groups in total. The maximum atomic E-state index is 13.1. The Kier molecular flexibility index (Phi) is 7.92. The van der Waals surface area contributed by atoms with Gasteiger partial charge < -0.3 is 19.5 Å². The van der Waals surface area contributed by atoms with Gasteiger partial charge in [0, 0.05) is 44.1 Å². The summed E-state index contributed by atoms with van der Waals surface area (Å²) in [5.74, 6) is -0.754. The zero-order chi connectivity index (χ0) is 23.9. The van der Waals surface area contributed by atoms with Crippen LogP contribution in [0.15, 0.2) is 54.4 Å². The summed E-state index contributed by atoms with van der Waals surface area (Å²) in [7, 11) is 0. The smallest absolute Gasteiger partial charge is 0.295 e. The van der Waals surface area contributed by atoms with Crippen molar-refractivity contribution in [3.05, 3.63) is 65.5 Å². The molecule has 0 saturated carbocycles. The second-order valence-electron chi connectivity index (χ2n) is 8.45. The van der Waals surface area contributed by atoms with Crippen LogP contribution in [-0.2, 0) is 14.3 Å². The van der Waals surface area contributed by atoms with Crippen LogP contribution in [-0.4, -0.2) is 77.6 Å². The number of morpholine rings is 1. The Hall–Kier alpha value is -3.23. The molecule has 4 rings (SSSR count). The van der Waals surface area contributed by atoms with Crippen LogP contribution in [0.1, 0.15) is 36.9 Å². The van der Waals surface area contributed by atoms with E-state index in [1.165, 1.54) is 0 Å². The van der Waals surface area contributed by atoms with E-state index in [1.807, 2.05) is 6.92 Å². The average molecular weight is 466 g/mol. The zero-order valence-corrected chi connectivity index (χ0v) is 19.5.